The number of likely N-dealkylation sites (N-methyl/N-ethyl adjacent to an activating group) is 1. The van der Waals surface area contributed by atoms with E-state index >= 15 is 0 Å². The van der Waals surface area contributed by atoms with Crippen molar-refractivity contribution in [2.45, 2.75) is 6.42 Å². The average Bonchev–Trinajstić information content (AvgIpc) is 2.84. The molecule has 0 aliphatic carbocycles. The van der Waals surface area contributed by atoms with Crippen molar-refractivity contribution in [1.82, 2.24) is 15.0 Å². The van der Waals surface area contributed by atoms with E-state index in [0.717, 1.165) is 17.4 Å². The number of rotatable bonds is 6. The number of hydrogen-bond acceptors (Lipinski definition) is 7. The van der Waals surface area contributed by atoms with Crippen LogP contribution in [0.4, 0.5) is 15.5 Å². The van der Waals surface area contributed by atoms with Gasteiger partial charge >= 0.3 is 5.97 Å². The Kier molecular flexibility index (Phi) is 4.94. The minimum Gasteiger partial charge on any atom is -0.481 e. The molecule has 8 nitrogen and oxygen atoms in total. The van der Waals surface area contributed by atoms with E-state index < -0.39 is 17.8 Å². The van der Waals surface area contributed by atoms with Crippen LogP contribution in [-0.2, 0) is 16.0 Å². The summed E-state index contributed by atoms with van der Waals surface area (Å²) in [6.07, 6.45) is 1.05. The Bertz CT molecular complexity index is 693. The van der Waals surface area contributed by atoms with E-state index in [2.05, 4.69) is 20.3 Å². The number of thiazole rings is 1. The highest BCUT2D eigenvalue weighted by Gasteiger charge is 2.13. The number of aromatic nitrogens is 3. The van der Waals surface area contributed by atoms with Crippen LogP contribution in [0.2, 0.25) is 0 Å². The molecule has 22 heavy (non-hydrogen) atoms. The maximum atomic E-state index is 13.0. The molecule has 0 unspecified atom stereocenters. The van der Waals surface area contributed by atoms with Gasteiger partial charge in [-0.3, -0.25) is 9.59 Å². The SMILES string of the molecule is CN(CC(=O)Nc1nc(CC(=O)O)cs1)c1nccc(F)n1. The van der Waals surface area contributed by atoms with Crippen molar-refractivity contribution in [3.8, 4) is 0 Å². The van der Waals surface area contributed by atoms with E-state index in [4.69, 9.17) is 5.11 Å². The third-order valence-corrected chi connectivity index (χ3v) is 3.27. The summed E-state index contributed by atoms with van der Waals surface area (Å²) in [5, 5.41) is 13.0. The molecule has 0 spiro atoms. The van der Waals surface area contributed by atoms with Gasteiger partial charge in [0, 0.05) is 24.7 Å². The van der Waals surface area contributed by atoms with Crippen molar-refractivity contribution in [1.29, 1.82) is 0 Å². The zero-order valence-corrected chi connectivity index (χ0v) is 12.3. The van der Waals surface area contributed by atoms with Gasteiger partial charge in [-0.1, -0.05) is 0 Å². The van der Waals surface area contributed by atoms with Crippen LogP contribution in [0.3, 0.4) is 0 Å². The molecular weight excluding hydrogens is 313 g/mol. The molecule has 0 aliphatic heterocycles. The molecule has 2 rings (SSSR count). The highest BCUT2D eigenvalue weighted by Crippen LogP contribution is 2.16. The number of carboxylic acids is 1. The molecular formula is C12H12FN5O3S. The number of nitrogens with one attached hydrogen (secondary N) is 1. The number of amides is 1. The van der Waals surface area contributed by atoms with Gasteiger partial charge in [0.1, 0.15) is 0 Å². The van der Waals surface area contributed by atoms with E-state index in [0.29, 0.717) is 10.8 Å². The lowest BCUT2D eigenvalue weighted by molar-refractivity contribution is -0.136. The lowest BCUT2D eigenvalue weighted by Gasteiger charge is -2.15. The van der Waals surface area contributed by atoms with Crippen molar-refractivity contribution in [2.75, 3.05) is 23.8 Å². The highest BCUT2D eigenvalue weighted by molar-refractivity contribution is 7.13. The quantitative estimate of drug-likeness (QED) is 0.755. The van der Waals surface area contributed by atoms with Crippen LogP contribution in [0.5, 0.6) is 0 Å². The van der Waals surface area contributed by atoms with Crippen LogP contribution in [-0.4, -0.2) is 45.5 Å². The number of anilines is 2. The summed E-state index contributed by atoms with van der Waals surface area (Å²) in [6.45, 7) is -0.0999. The van der Waals surface area contributed by atoms with Gasteiger partial charge in [-0.05, 0) is 0 Å². The lowest BCUT2D eigenvalue weighted by Crippen LogP contribution is -2.31. The molecule has 0 atom stereocenters. The van der Waals surface area contributed by atoms with Crippen LogP contribution in [0, 0.1) is 5.95 Å². The summed E-state index contributed by atoms with van der Waals surface area (Å²) in [5.74, 6) is -1.99. The Morgan fingerprint density at radius 1 is 1.45 bits per heavy atom. The number of carbonyl (C=O) groups is 2. The van der Waals surface area contributed by atoms with Crippen molar-refractivity contribution < 1.29 is 19.1 Å². The van der Waals surface area contributed by atoms with Gasteiger partial charge in [0.2, 0.25) is 17.8 Å². The number of nitrogens with zero attached hydrogens (tertiary/aromatic N) is 4. The monoisotopic (exact) mass is 325 g/mol. The smallest absolute Gasteiger partial charge is 0.309 e. The Balaban J connectivity index is 1.92. The fourth-order valence-corrected chi connectivity index (χ4v) is 2.28. The molecule has 0 aromatic carbocycles. The van der Waals surface area contributed by atoms with Gasteiger partial charge in [-0.25, -0.2) is 9.97 Å². The predicted octanol–water partition coefficient (Wildman–Crippen LogP) is 0.774. The normalized spacial score (nSPS) is 10.3. The van der Waals surface area contributed by atoms with Gasteiger partial charge < -0.3 is 15.3 Å². The maximum absolute atomic E-state index is 13.0. The van der Waals surface area contributed by atoms with Crippen LogP contribution < -0.4 is 10.2 Å². The van der Waals surface area contributed by atoms with Gasteiger partial charge in [0.25, 0.3) is 0 Å². The number of carbonyl (C=O) groups excluding carboxylic acids is 1. The highest BCUT2D eigenvalue weighted by atomic mass is 32.1. The molecule has 0 radical (unpaired) electrons. The molecule has 0 saturated carbocycles. The first-order valence-electron chi connectivity index (χ1n) is 6.10. The molecule has 2 heterocycles. The minimum absolute atomic E-state index is 0.0841. The number of carboxylic acid groups (broad SMARTS) is 1. The number of halogens is 1. The minimum atomic E-state index is -0.994. The molecule has 0 bridgehead atoms. The summed E-state index contributed by atoms with van der Waals surface area (Å²) in [7, 11) is 1.55. The second kappa shape index (κ2) is 6.89. The molecule has 0 aliphatic rings. The van der Waals surface area contributed by atoms with Crippen LogP contribution >= 0.6 is 11.3 Å². The summed E-state index contributed by atoms with van der Waals surface area (Å²) < 4.78 is 13.0. The Hall–Kier alpha value is -2.62. The largest absolute Gasteiger partial charge is 0.481 e. The van der Waals surface area contributed by atoms with Gasteiger partial charge in [0.15, 0.2) is 5.13 Å². The molecule has 116 valence electrons. The van der Waals surface area contributed by atoms with Crippen LogP contribution in [0.1, 0.15) is 5.69 Å². The molecule has 0 fully saturated rings. The lowest BCUT2D eigenvalue weighted by atomic mass is 10.3. The van der Waals surface area contributed by atoms with Gasteiger partial charge in [-0.15, -0.1) is 11.3 Å². The predicted molar refractivity (Wildman–Crippen MR) is 77.3 cm³/mol. The summed E-state index contributed by atoms with van der Waals surface area (Å²) >= 11 is 1.13. The second-order valence-electron chi connectivity index (χ2n) is 4.30. The Morgan fingerprint density at radius 3 is 2.91 bits per heavy atom. The topological polar surface area (TPSA) is 108 Å². The van der Waals surface area contributed by atoms with E-state index in [-0.39, 0.29) is 18.9 Å². The third-order valence-electron chi connectivity index (χ3n) is 2.46. The summed E-state index contributed by atoms with van der Waals surface area (Å²) in [6, 6.07) is 1.11. The van der Waals surface area contributed by atoms with Crippen molar-refractivity contribution in [3.05, 3.63) is 29.3 Å². The van der Waals surface area contributed by atoms with Crippen molar-refractivity contribution in [2.24, 2.45) is 0 Å². The van der Waals surface area contributed by atoms with E-state index in [1.807, 2.05) is 0 Å². The maximum Gasteiger partial charge on any atom is 0.309 e. The first-order valence-corrected chi connectivity index (χ1v) is 6.97. The summed E-state index contributed by atoms with van der Waals surface area (Å²) in [4.78, 5) is 35.2. The number of hydrogen-bond donors (Lipinski definition) is 2. The van der Waals surface area contributed by atoms with Crippen molar-refractivity contribution >= 4 is 34.3 Å². The zero-order chi connectivity index (χ0) is 16.1. The Morgan fingerprint density at radius 2 is 2.23 bits per heavy atom. The van der Waals surface area contributed by atoms with E-state index in [1.54, 1.807) is 12.4 Å². The Labute approximate surface area is 128 Å². The van der Waals surface area contributed by atoms with Gasteiger partial charge in [0.05, 0.1) is 18.7 Å². The molecule has 1 amide bonds. The number of aliphatic carboxylic acids is 1. The standard InChI is InChI=1S/C12H12FN5O3S/c1-18(11-14-3-2-8(13)16-11)5-9(19)17-12-15-7(6-22-12)4-10(20)21/h2-3,6H,4-5H2,1H3,(H,20,21)(H,15,17,19). The van der Waals surface area contributed by atoms with Crippen LogP contribution in [0.25, 0.3) is 0 Å². The van der Waals surface area contributed by atoms with Gasteiger partial charge in [-0.2, -0.15) is 9.37 Å². The summed E-state index contributed by atoms with van der Waals surface area (Å²) in [5.41, 5.74) is 0.370. The molecule has 2 aromatic heterocycles. The molecule has 10 heteroatoms. The third kappa shape index (κ3) is 4.45. The van der Waals surface area contributed by atoms with E-state index in [1.165, 1.54) is 11.1 Å². The van der Waals surface area contributed by atoms with Crippen LogP contribution in [0.15, 0.2) is 17.6 Å². The fraction of sp³-hybridized carbons (Fsp3) is 0.250. The first-order chi connectivity index (χ1) is 10.4. The molecule has 0 saturated heterocycles. The molecule has 2 aromatic rings. The first kappa shape index (κ1) is 15.8. The average molecular weight is 325 g/mol. The fourth-order valence-electron chi connectivity index (χ4n) is 1.56. The molecule has 2 N–H and O–H groups in total. The second-order valence-corrected chi connectivity index (χ2v) is 5.16. The van der Waals surface area contributed by atoms with Crippen molar-refractivity contribution in [3.63, 3.8) is 0 Å². The zero-order valence-electron chi connectivity index (χ0n) is 11.5. The van der Waals surface area contributed by atoms with E-state index in [9.17, 15) is 14.0 Å².